The number of aromatic hydroxyl groups is 1. The summed E-state index contributed by atoms with van der Waals surface area (Å²) in [5, 5.41) is 9.71. The molecule has 3 N–H and O–H groups in total. The molecule has 1 aromatic rings. The Bertz CT molecular complexity index is 421. The van der Waals surface area contributed by atoms with Crippen LogP contribution < -0.4 is 10.5 Å². The van der Waals surface area contributed by atoms with Crippen LogP contribution in [0.4, 0.5) is 0 Å². The summed E-state index contributed by atoms with van der Waals surface area (Å²) in [6, 6.07) is 4.59. The lowest BCUT2D eigenvalue weighted by atomic mass is 10.1. The Morgan fingerprint density at radius 3 is 2.78 bits per heavy atom. The van der Waals surface area contributed by atoms with Gasteiger partial charge in [0.05, 0.1) is 12.7 Å². The Kier molecular flexibility index (Phi) is 4.97. The van der Waals surface area contributed by atoms with E-state index in [1.807, 2.05) is 6.92 Å². The zero-order chi connectivity index (χ0) is 13.7. The summed E-state index contributed by atoms with van der Waals surface area (Å²) in [5.41, 5.74) is 5.76. The highest BCUT2D eigenvalue weighted by molar-refractivity contribution is 5.97. The van der Waals surface area contributed by atoms with Crippen molar-refractivity contribution in [3.05, 3.63) is 23.8 Å². The first-order chi connectivity index (χ1) is 8.49. The summed E-state index contributed by atoms with van der Waals surface area (Å²) in [5.74, 6) is 0.461. The van der Waals surface area contributed by atoms with E-state index in [2.05, 4.69) is 0 Å². The van der Waals surface area contributed by atoms with E-state index in [4.69, 9.17) is 10.5 Å². The van der Waals surface area contributed by atoms with Crippen molar-refractivity contribution in [2.24, 2.45) is 11.7 Å². The Morgan fingerprint density at radius 2 is 2.22 bits per heavy atom. The maximum Gasteiger partial charge on any atom is 0.257 e. The minimum atomic E-state index is -0.244. The Labute approximate surface area is 107 Å². The van der Waals surface area contributed by atoms with Gasteiger partial charge in [-0.25, -0.2) is 0 Å². The number of phenols is 1. The normalized spacial score (nSPS) is 12.0. The molecule has 100 valence electrons. The first-order valence-electron chi connectivity index (χ1n) is 5.82. The SMILES string of the molecule is COc1ccc(O)c(C(=O)N(C)CC(C)CN)c1. The lowest BCUT2D eigenvalue weighted by molar-refractivity contribution is 0.0774. The van der Waals surface area contributed by atoms with Crippen molar-refractivity contribution in [1.29, 1.82) is 0 Å². The highest BCUT2D eigenvalue weighted by Gasteiger charge is 2.18. The molecule has 0 aromatic heterocycles. The molecule has 0 aliphatic rings. The second kappa shape index (κ2) is 6.26. The molecular weight excluding hydrogens is 232 g/mol. The topological polar surface area (TPSA) is 75.8 Å². The first kappa shape index (κ1) is 14.3. The van der Waals surface area contributed by atoms with E-state index in [1.54, 1.807) is 18.0 Å². The zero-order valence-corrected chi connectivity index (χ0v) is 11.0. The second-order valence-corrected chi connectivity index (χ2v) is 4.41. The highest BCUT2D eigenvalue weighted by Crippen LogP contribution is 2.24. The molecule has 18 heavy (non-hydrogen) atoms. The molecule has 0 spiro atoms. The molecule has 1 amide bonds. The zero-order valence-electron chi connectivity index (χ0n) is 11.0. The molecule has 0 radical (unpaired) electrons. The number of phenolic OH excluding ortho intramolecular Hbond substituents is 1. The molecule has 1 unspecified atom stereocenters. The monoisotopic (exact) mass is 252 g/mol. The molecule has 0 fully saturated rings. The Balaban J connectivity index is 2.89. The third-order valence-electron chi connectivity index (χ3n) is 2.77. The fraction of sp³-hybridized carbons (Fsp3) is 0.462. The van der Waals surface area contributed by atoms with Crippen molar-refractivity contribution in [3.63, 3.8) is 0 Å². The van der Waals surface area contributed by atoms with Gasteiger partial charge >= 0.3 is 0 Å². The van der Waals surface area contributed by atoms with Crippen LogP contribution in [0.3, 0.4) is 0 Å². The summed E-state index contributed by atoms with van der Waals surface area (Å²) >= 11 is 0. The number of amides is 1. The lowest BCUT2D eigenvalue weighted by Gasteiger charge is -2.21. The number of carbonyl (C=O) groups excluding carboxylic acids is 1. The fourth-order valence-corrected chi connectivity index (χ4v) is 1.64. The summed E-state index contributed by atoms with van der Waals surface area (Å²) in [4.78, 5) is 13.7. The van der Waals surface area contributed by atoms with Crippen LogP contribution in [-0.4, -0.2) is 43.2 Å². The number of nitrogens with zero attached hydrogens (tertiary/aromatic N) is 1. The molecule has 1 rings (SSSR count). The van der Waals surface area contributed by atoms with Gasteiger partial charge in [-0.1, -0.05) is 6.92 Å². The highest BCUT2D eigenvalue weighted by atomic mass is 16.5. The van der Waals surface area contributed by atoms with E-state index in [1.165, 1.54) is 19.2 Å². The van der Waals surface area contributed by atoms with Gasteiger partial charge < -0.3 is 20.5 Å². The molecule has 0 bridgehead atoms. The van der Waals surface area contributed by atoms with E-state index < -0.39 is 0 Å². The molecule has 0 aliphatic carbocycles. The number of nitrogens with two attached hydrogens (primary N) is 1. The van der Waals surface area contributed by atoms with E-state index in [0.717, 1.165) is 0 Å². The van der Waals surface area contributed by atoms with Crippen LogP contribution in [-0.2, 0) is 0 Å². The number of ether oxygens (including phenoxy) is 1. The lowest BCUT2D eigenvalue weighted by Crippen LogP contribution is -2.33. The van der Waals surface area contributed by atoms with Crippen molar-refractivity contribution in [3.8, 4) is 11.5 Å². The second-order valence-electron chi connectivity index (χ2n) is 4.41. The smallest absolute Gasteiger partial charge is 0.257 e. The molecule has 5 heteroatoms. The van der Waals surface area contributed by atoms with Gasteiger partial charge in [0.2, 0.25) is 0 Å². The van der Waals surface area contributed by atoms with Crippen molar-refractivity contribution in [1.82, 2.24) is 4.90 Å². The third kappa shape index (κ3) is 3.37. The van der Waals surface area contributed by atoms with E-state index in [-0.39, 0.29) is 23.1 Å². The van der Waals surface area contributed by atoms with Crippen molar-refractivity contribution < 1.29 is 14.6 Å². The Hall–Kier alpha value is -1.75. The van der Waals surface area contributed by atoms with Crippen LogP contribution in [0.2, 0.25) is 0 Å². The number of hydrogen-bond acceptors (Lipinski definition) is 4. The van der Waals surface area contributed by atoms with Gasteiger partial charge in [0.1, 0.15) is 11.5 Å². The largest absolute Gasteiger partial charge is 0.507 e. The third-order valence-corrected chi connectivity index (χ3v) is 2.77. The summed E-state index contributed by atoms with van der Waals surface area (Å²) in [7, 11) is 3.20. The minimum Gasteiger partial charge on any atom is -0.507 e. The van der Waals surface area contributed by atoms with Crippen LogP contribution >= 0.6 is 0 Å². The van der Waals surface area contributed by atoms with Gasteiger partial charge in [-0.3, -0.25) is 4.79 Å². The van der Waals surface area contributed by atoms with Crippen molar-refractivity contribution in [2.45, 2.75) is 6.92 Å². The number of carbonyl (C=O) groups is 1. The fourth-order valence-electron chi connectivity index (χ4n) is 1.64. The van der Waals surface area contributed by atoms with Crippen LogP contribution in [0.1, 0.15) is 17.3 Å². The van der Waals surface area contributed by atoms with Crippen LogP contribution in [0.25, 0.3) is 0 Å². The van der Waals surface area contributed by atoms with Crippen LogP contribution in [0, 0.1) is 5.92 Å². The number of benzene rings is 1. The van der Waals surface area contributed by atoms with Crippen LogP contribution in [0.5, 0.6) is 11.5 Å². The van der Waals surface area contributed by atoms with Gasteiger partial charge in [0.25, 0.3) is 5.91 Å². The Morgan fingerprint density at radius 1 is 1.56 bits per heavy atom. The predicted octanol–water partition coefficient (Wildman–Crippen LogP) is 1.07. The predicted molar refractivity (Wildman–Crippen MR) is 69.8 cm³/mol. The van der Waals surface area contributed by atoms with Crippen LogP contribution in [0.15, 0.2) is 18.2 Å². The van der Waals surface area contributed by atoms with Crippen molar-refractivity contribution in [2.75, 3.05) is 27.2 Å². The van der Waals surface area contributed by atoms with Gasteiger partial charge in [-0.05, 0) is 30.7 Å². The van der Waals surface area contributed by atoms with Gasteiger partial charge in [0.15, 0.2) is 0 Å². The van der Waals surface area contributed by atoms with Gasteiger partial charge in [-0.2, -0.15) is 0 Å². The minimum absolute atomic E-state index is 0.0481. The van der Waals surface area contributed by atoms with E-state index >= 15 is 0 Å². The molecular formula is C13H20N2O3. The average molecular weight is 252 g/mol. The van der Waals surface area contributed by atoms with E-state index in [0.29, 0.717) is 18.8 Å². The van der Waals surface area contributed by atoms with Gasteiger partial charge in [0, 0.05) is 13.6 Å². The number of hydrogen-bond donors (Lipinski definition) is 2. The number of rotatable bonds is 5. The molecule has 0 aliphatic heterocycles. The molecule has 0 saturated carbocycles. The van der Waals surface area contributed by atoms with E-state index in [9.17, 15) is 9.90 Å². The van der Waals surface area contributed by atoms with Crippen molar-refractivity contribution >= 4 is 5.91 Å². The molecule has 5 nitrogen and oxygen atoms in total. The molecule has 1 atom stereocenters. The molecule has 1 aromatic carbocycles. The molecule has 0 heterocycles. The maximum atomic E-state index is 12.2. The average Bonchev–Trinajstić information content (AvgIpc) is 2.38. The standard InChI is InChI=1S/C13H20N2O3/c1-9(7-14)8-15(2)13(17)11-6-10(18-3)4-5-12(11)16/h4-6,9,16H,7-8,14H2,1-3H3. The first-order valence-corrected chi connectivity index (χ1v) is 5.82. The maximum absolute atomic E-state index is 12.2. The quantitative estimate of drug-likeness (QED) is 0.822. The van der Waals surface area contributed by atoms with Gasteiger partial charge in [-0.15, -0.1) is 0 Å². The molecule has 0 saturated heterocycles. The summed E-state index contributed by atoms with van der Waals surface area (Å²) in [6.07, 6.45) is 0. The summed E-state index contributed by atoms with van der Waals surface area (Å²) in [6.45, 7) is 3.03. The number of methoxy groups -OCH3 is 1. The summed E-state index contributed by atoms with van der Waals surface area (Å²) < 4.78 is 5.04.